The number of ether oxygens (including phenoxy) is 18. The monoisotopic (exact) mass is 1890 g/mol. The van der Waals surface area contributed by atoms with E-state index in [1.54, 1.807) is 113 Å². The van der Waals surface area contributed by atoms with Crippen molar-refractivity contribution in [3.8, 4) is 92.0 Å². The van der Waals surface area contributed by atoms with E-state index in [4.69, 9.17) is 108 Å². The van der Waals surface area contributed by atoms with Gasteiger partial charge in [0.25, 0.3) is 11.8 Å². The van der Waals surface area contributed by atoms with Gasteiger partial charge in [0.05, 0.1) is 121 Å². The summed E-state index contributed by atoms with van der Waals surface area (Å²) in [7, 11) is 14.6. The van der Waals surface area contributed by atoms with Crippen LogP contribution in [0.4, 0.5) is 4.79 Å². The van der Waals surface area contributed by atoms with Crippen LogP contribution < -0.4 is 75.8 Å². The number of morpholine rings is 2. The highest BCUT2D eigenvalue weighted by atomic mass is 35.5. The number of hydrogen-bond donors (Lipinski definition) is 0. The first-order valence-electron chi connectivity index (χ1n) is 45.2. The van der Waals surface area contributed by atoms with E-state index in [0.717, 1.165) is 123 Å². The average molecular weight is 1900 g/mol. The lowest BCUT2D eigenvalue weighted by atomic mass is 9.91. The normalized spacial score (nSPS) is 16.7. The Morgan fingerprint density at radius 2 is 0.654 bits per heavy atom. The Morgan fingerprint density at radius 3 is 1.04 bits per heavy atom. The van der Waals surface area contributed by atoms with Crippen molar-refractivity contribution in [1.82, 2.24) is 29.4 Å². The first kappa shape index (κ1) is 96.9. The third kappa shape index (κ3) is 24.0. The van der Waals surface area contributed by atoms with Gasteiger partial charge in [-0.2, -0.15) is 0 Å². The molecule has 0 aliphatic carbocycles. The van der Waals surface area contributed by atoms with Gasteiger partial charge in [-0.3, -0.25) is 19.3 Å². The molecule has 7 aliphatic rings. The molecule has 28 nitrogen and oxygen atoms in total. The second kappa shape index (κ2) is 47.0. The lowest BCUT2D eigenvalue weighted by molar-refractivity contribution is -0.137. The molecule has 11 aromatic carbocycles. The molecule has 30 heteroatoms. The van der Waals surface area contributed by atoms with Gasteiger partial charge in [-0.1, -0.05) is 65.7 Å². The van der Waals surface area contributed by atoms with Crippen LogP contribution in [0.15, 0.2) is 224 Å². The molecular weight excluding hydrogens is 1780 g/mol. The van der Waals surface area contributed by atoms with E-state index in [2.05, 4.69) is 4.90 Å². The van der Waals surface area contributed by atoms with Gasteiger partial charge < -0.3 is 110 Å². The fraction of sp³-hybridized carbons (Fsp3) is 0.340. The quantitative estimate of drug-likeness (QED) is 0.0441. The van der Waals surface area contributed by atoms with Gasteiger partial charge in [-0.15, -0.1) is 0 Å². The van der Waals surface area contributed by atoms with E-state index in [-0.39, 0.29) is 61.3 Å². The number of urea groups is 1. The van der Waals surface area contributed by atoms with Crippen LogP contribution in [0.3, 0.4) is 0 Å². The van der Waals surface area contributed by atoms with E-state index < -0.39 is 0 Å². The SMILES string of the molecule is COc1cc2c(cc1OC)C(COc1ccc(OCc3ccccc3)cc1)N(C(=O)c1cccc(Cl)c1)CC2.COc1ccc(OCC2c3cc(OC)c(OC)cc3CCN2C(=O)CN2CCOCC2)cc1.COc1ccc(OCC2c3cc(OC)c(OC)cc3CCN2C(=O)N2CCOCC2)cc1.COc1ccc(OCC2c3cc4c(cc3CCN2C(=O)c2cccc(Cl)c2)OCO4)cc1. The maximum Gasteiger partial charge on any atom is 0.320 e. The highest BCUT2D eigenvalue weighted by Gasteiger charge is 2.40. The molecule has 11 aromatic rings. The molecule has 18 rings (SSSR count). The summed E-state index contributed by atoms with van der Waals surface area (Å²) >= 11 is 12.3. The molecule has 0 bridgehead atoms. The van der Waals surface area contributed by atoms with Crippen LogP contribution in [0.1, 0.15) is 95.0 Å². The van der Waals surface area contributed by atoms with E-state index in [9.17, 15) is 19.2 Å². The topological polar surface area (TPSA) is 254 Å². The van der Waals surface area contributed by atoms with Crippen LogP contribution in [0, 0.1) is 0 Å². The minimum Gasteiger partial charge on any atom is -0.497 e. The highest BCUT2D eigenvalue weighted by Crippen LogP contribution is 2.46. The van der Waals surface area contributed by atoms with Crippen molar-refractivity contribution in [2.45, 2.75) is 56.5 Å². The van der Waals surface area contributed by atoms with Gasteiger partial charge in [-0.05, 0) is 258 Å². The molecule has 4 unspecified atom stereocenters. The number of rotatable bonds is 28. The van der Waals surface area contributed by atoms with Crippen LogP contribution in [0.25, 0.3) is 0 Å². The van der Waals surface area contributed by atoms with Crippen molar-refractivity contribution in [1.29, 1.82) is 0 Å². The van der Waals surface area contributed by atoms with Crippen LogP contribution in [-0.2, 0) is 46.6 Å². The minimum atomic E-state index is -0.339. The maximum absolute atomic E-state index is 13.6. The zero-order chi connectivity index (χ0) is 95.0. The van der Waals surface area contributed by atoms with E-state index in [1.165, 1.54) is 0 Å². The molecule has 7 heterocycles. The largest absolute Gasteiger partial charge is 0.497 e. The Hall–Kier alpha value is -13.6. The summed E-state index contributed by atoms with van der Waals surface area (Å²) in [4.78, 5) is 65.4. The predicted molar refractivity (Wildman–Crippen MR) is 514 cm³/mol. The molecule has 2 fully saturated rings. The molecule has 0 saturated carbocycles. The van der Waals surface area contributed by atoms with Gasteiger partial charge >= 0.3 is 6.03 Å². The van der Waals surface area contributed by atoms with Crippen LogP contribution in [-0.4, -0.2) is 236 Å². The molecular formula is C106H114Cl2N6O22. The van der Waals surface area contributed by atoms with E-state index >= 15 is 0 Å². The zero-order valence-corrected chi connectivity index (χ0v) is 79.4. The number of fused-ring (bicyclic) bond motifs is 5. The third-order valence-corrected chi connectivity index (χ3v) is 25.3. The Labute approximate surface area is 802 Å². The molecule has 136 heavy (non-hydrogen) atoms. The molecule has 0 radical (unpaired) electrons. The lowest BCUT2D eigenvalue weighted by Gasteiger charge is -2.41. The Balaban J connectivity index is 0.000000138. The molecule has 7 aliphatic heterocycles. The molecule has 0 N–H and O–H groups in total. The Morgan fingerprint density at radius 1 is 0.324 bits per heavy atom. The van der Waals surface area contributed by atoms with Gasteiger partial charge in [0.1, 0.15) is 79.0 Å². The standard InChI is InChI=1S/C32H30ClNO5.C25H22ClNO5.C25H32N2O6.C24H30N2O6/c1-36-30-18-23-15-16-34(32(35)24-9-6-10-25(33)17-24)29(28(23)19-31(30)37-2)21-39-27-13-11-26(12-14-27)38-20-22-7-4-3-5-8-22;1-29-19-5-7-20(8-6-19)30-14-22-21-13-24-23(31-15-32-24)12-16(21)9-10-27(22)25(28)17-3-2-4-18(26)11-17;1-29-19-4-6-20(7-5-19)33-17-22-21-15-24(31-3)23(30-2)14-18(21)8-9-27(22)25(28)16-26-10-12-32-13-11-26;1-28-18-4-6-19(7-5-18)32-16-21-20-15-23(30-3)22(29-2)14-17(20)8-9-26(21)24(27)25-10-12-31-13-11-25/h3-14,17-19,29H,15-16,20-21H2,1-2H3;2-8,11-13,22H,9-10,14-15H2,1H3;4-7,14-15,22H,8-13,16-17H2,1-3H3;4-7,14-15,21H,8-13,16H2,1-3H3. The maximum atomic E-state index is 13.6. The molecule has 0 aromatic heterocycles. The minimum absolute atomic E-state index is 0.0112. The zero-order valence-electron chi connectivity index (χ0n) is 77.9. The summed E-state index contributed by atoms with van der Waals surface area (Å²) in [6.45, 7) is 9.83. The van der Waals surface area contributed by atoms with Crippen molar-refractivity contribution in [2.24, 2.45) is 0 Å². The lowest BCUT2D eigenvalue weighted by Crippen LogP contribution is -2.52. The summed E-state index contributed by atoms with van der Waals surface area (Å²) in [6.07, 6.45) is 2.90. The van der Waals surface area contributed by atoms with Crippen molar-refractivity contribution >= 4 is 47.0 Å². The number of nitrogens with zero attached hydrogens (tertiary/aromatic N) is 6. The number of hydrogen-bond acceptors (Lipinski definition) is 23. The number of halogens is 2. The summed E-state index contributed by atoms with van der Waals surface area (Å²) in [6, 6.07) is 68.7. The van der Waals surface area contributed by atoms with Crippen LogP contribution in [0.2, 0.25) is 10.0 Å². The predicted octanol–water partition coefficient (Wildman–Crippen LogP) is 17.3. The van der Waals surface area contributed by atoms with Crippen LogP contribution >= 0.6 is 23.2 Å². The average Bonchev–Trinajstić information content (AvgIpc) is 1.22. The van der Waals surface area contributed by atoms with Crippen molar-refractivity contribution in [2.75, 3.05) is 183 Å². The molecule has 2 saturated heterocycles. The van der Waals surface area contributed by atoms with E-state index in [1.807, 2.05) is 200 Å². The summed E-state index contributed by atoms with van der Waals surface area (Å²) < 4.78 is 101. The number of benzene rings is 11. The Kier molecular flexibility index (Phi) is 33.5. The first-order valence-corrected chi connectivity index (χ1v) is 45.9. The highest BCUT2D eigenvalue weighted by molar-refractivity contribution is 6.31. The van der Waals surface area contributed by atoms with Crippen LogP contribution in [0.5, 0.6) is 92.0 Å². The van der Waals surface area contributed by atoms with Gasteiger partial charge in [0.2, 0.25) is 12.7 Å². The van der Waals surface area contributed by atoms with Gasteiger partial charge in [-0.25, -0.2) is 4.79 Å². The second-order valence-electron chi connectivity index (χ2n) is 32.8. The first-order chi connectivity index (χ1) is 66.4. The number of carbonyl (C=O) groups is 4. The fourth-order valence-electron chi connectivity index (χ4n) is 17.6. The number of amides is 5. The molecule has 0 spiro atoms. The molecule has 714 valence electrons. The summed E-state index contributed by atoms with van der Waals surface area (Å²) in [5, 5.41) is 1.05. The molecule has 5 amide bonds. The summed E-state index contributed by atoms with van der Waals surface area (Å²) in [5.41, 5.74) is 10.7. The Bertz CT molecular complexity index is 5850. The van der Waals surface area contributed by atoms with Gasteiger partial charge in [0, 0.05) is 73.5 Å². The van der Waals surface area contributed by atoms with Crippen molar-refractivity contribution in [3.63, 3.8) is 0 Å². The molecule has 4 atom stereocenters. The number of carbonyl (C=O) groups excluding carboxylic acids is 4. The second-order valence-corrected chi connectivity index (χ2v) is 33.6. The third-order valence-electron chi connectivity index (χ3n) is 24.9. The fourth-order valence-corrected chi connectivity index (χ4v) is 17.9. The smallest absolute Gasteiger partial charge is 0.320 e. The number of methoxy groups -OCH3 is 9. The van der Waals surface area contributed by atoms with Crippen molar-refractivity contribution < 1.29 is 104 Å². The summed E-state index contributed by atoms with van der Waals surface area (Å²) in [5.74, 6) is 11.2. The van der Waals surface area contributed by atoms with Gasteiger partial charge in [0.15, 0.2) is 46.0 Å². The van der Waals surface area contributed by atoms with Crippen molar-refractivity contribution in [3.05, 3.63) is 296 Å². The van der Waals surface area contributed by atoms with E-state index in [0.29, 0.717) is 178 Å².